The lowest BCUT2D eigenvalue weighted by atomic mass is 9.96. The maximum absolute atomic E-state index is 12.5. The number of ether oxygens (including phenoxy) is 1. The molecule has 0 aliphatic rings. The number of sulfonamides is 2. The minimum atomic E-state index is -4.15. The number of hydrogen-bond donors (Lipinski definition) is 1. The Hall–Kier alpha value is -4.36. The van der Waals surface area contributed by atoms with Gasteiger partial charge in [0.05, 0.1) is 42.8 Å². The van der Waals surface area contributed by atoms with Crippen LogP contribution in [0.1, 0.15) is 34.5 Å². The molecule has 1 amide bonds. The van der Waals surface area contributed by atoms with Gasteiger partial charge in [0.15, 0.2) is 0 Å². The summed E-state index contributed by atoms with van der Waals surface area (Å²) in [6.45, 7) is 2.04. The van der Waals surface area contributed by atoms with Gasteiger partial charge in [-0.15, -0.1) is 0 Å². The standard InChI is InChI=1S/C28H29N5O6S2/c1-19(20-7-5-9-23(14-20)32-28(34)22-8-6-12-29-16-22)13-24-17-30-18-25(31-24)21-10-11-26(27(15-21)39-2)33(40(3,35)36)41(4,37)38/h5-12,14-19H,13H2,1-4H3,(H,32,34)/t19-/m1/s1. The van der Waals surface area contributed by atoms with Crippen molar-refractivity contribution < 1.29 is 26.4 Å². The summed E-state index contributed by atoms with van der Waals surface area (Å²) in [5.74, 6) is -0.173. The Labute approximate surface area is 239 Å². The van der Waals surface area contributed by atoms with E-state index < -0.39 is 20.0 Å². The lowest BCUT2D eigenvalue weighted by Crippen LogP contribution is -2.35. The van der Waals surface area contributed by atoms with E-state index in [0.29, 0.717) is 38.3 Å². The van der Waals surface area contributed by atoms with Crippen molar-refractivity contribution in [2.45, 2.75) is 19.3 Å². The highest BCUT2D eigenvalue weighted by molar-refractivity contribution is 8.09. The summed E-state index contributed by atoms with van der Waals surface area (Å²) in [4.78, 5) is 25.5. The van der Waals surface area contributed by atoms with Crippen LogP contribution in [-0.2, 0) is 26.5 Å². The topological polar surface area (TPSA) is 149 Å². The summed E-state index contributed by atoms with van der Waals surface area (Å²) in [6, 6.07) is 15.4. The molecule has 0 bridgehead atoms. The van der Waals surface area contributed by atoms with Crippen LogP contribution < -0.4 is 13.8 Å². The predicted octanol–water partition coefficient (Wildman–Crippen LogP) is 3.87. The molecule has 1 atom stereocenters. The van der Waals surface area contributed by atoms with Crippen LogP contribution in [-0.4, -0.2) is 57.3 Å². The fourth-order valence-electron chi connectivity index (χ4n) is 4.29. The monoisotopic (exact) mass is 595 g/mol. The van der Waals surface area contributed by atoms with Crippen LogP contribution in [0, 0.1) is 0 Å². The van der Waals surface area contributed by atoms with Crippen molar-refractivity contribution in [1.82, 2.24) is 15.0 Å². The third kappa shape index (κ3) is 7.24. The van der Waals surface area contributed by atoms with Gasteiger partial charge < -0.3 is 10.1 Å². The first-order valence-electron chi connectivity index (χ1n) is 12.4. The molecule has 11 nitrogen and oxygen atoms in total. The van der Waals surface area contributed by atoms with Gasteiger partial charge in [0.1, 0.15) is 11.4 Å². The Balaban J connectivity index is 1.55. The van der Waals surface area contributed by atoms with Crippen molar-refractivity contribution in [1.29, 1.82) is 0 Å². The zero-order chi connectivity index (χ0) is 29.8. The molecule has 2 aromatic heterocycles. The van der Waals surface area contributed by atoms with Crippen molar-refractivity contribution in [3.8, 4) is 17.0 Å². The van der Waals surface area contributed by atoms with Crippen molar-refractivity contribution in [3.63, 3.8) is 0 Å². The van der Waals surface area contributed by atoms with Crippen LogP contribution in [0.25, 0.3) is 11.3 Å². The largest absolute Gasteiger partial charge is 0.494 e. The van der Waals surface area contributed by atoms with E-state index in [4.69, 9.17) is 9.72 Å². The molecule has 2 aromatic carbocycles. The smallest absolute Gasteiger partial charge is 0.257 e. The summed E-state index contributed by atoms with van der Waals surface area (Å²) >= 11 is 0. The Morgan fingerprint density at radius 1 is 0.951 bits per heavy atom. The lowest BCUT2D eigenvalue weighted by molar-refractivity contribution is 0.102. The average molecular weight is 596 g/mol. The third-order valence-electron chi connectivity index (χ3n) is 6.11. The molecule has 0 saturated heterocycles. The average Bonchev–Trinajstić information content (AvgIpc) is 2.92. The number of anilines is 2. The summed E-state index contributed by atoms with van der Waals surface area (Å²) in [7, 11) is -6.97. The van der Waals surface area contributed by atoms with Gasteiger partial charge in [0, 0.05) is 29.8 Å². The second-order valence-electron chi connectivity index (χ2n) is 9.43. The molecule has 0 saturated carbocycles. The molecule has 0 spiro atoms. The molecule has 1 N–H and O–H groups in total. The van der Waals surface area contributed by atoms with Crippen LogP contribution in [0.2, 0.25) is 0 Å². The number of amides is 1. The zero-order valence-corrected chi connectivity index (χ0v) is 24.5. The number of methoxy groups -OCH3 is 1. The first kappa shape index (κ1) is 29.6. The molecule has 214 valence electrons. The Bertz CT molecular complexity index is 1750. The number of benzene rings is 2. The molecular weight excluding hydrogens is 566 g/mol. The second-order valence-corrected chi connectivity index (χ2v) is 13.3. The van der Waals surface area contributed by atoms with E-state index in [1.165, 1.54) is 25.4 Å². The normalized spacial score (nSPS) is 12.4. The number of rotatable bonds is 10. The highest BCUT2D eigenvalue weighted by atomic mass is 32.3. The van der Waals surface area contributed by atoms with Gasteiger partial charge in [0.2, 0.25) is 20.0 Å². The minimum Gasteiger partial charge on any atom is -0.494 e. The number of pyridine rings is 1. The van der Waals surface area contributed by atoms with E-state index in [9.17, 15) is 21.6 Å². The van der Waals surface area contributed by atoms with Gasteiger partial charge in [-0.25, -0.2) is 21.8 Å². The highest BCUT2D eigenvalue weighted by Gasteiger charge is 2.30. The quantitative estimate of drug-likeness (QED) is 0.288. The maximum Gasteiger partial charge on any atom is 0.257 e. The van der Waals surface area contributed by atoms with E-state index in [-0.39, 0.29) is 23.3 Å². The highest BCUT2D eigenvalue weighted by Crippen LogP contribution is 2.35. The van der Waals surface area contributed by atoms with E-state index in [1.807, 2.05) is 31.2 Å². The first-order valence-corrected chi connectivity index (χ1v) is 16.1. The molecule has 0 aliphatic carbocycles. The molecule has 4 aromatic rings. The summed E-state index contributed by atoms with van der Waals surface area (Å²) < 4.78 is 54.7. The third-order valence-corrected chi connectivity index (χ3v) is 9.33. The lowest BCUT2D eigenvalue weighted by Gasteiger charge is -2.22. The molecule has 13 heteroatoms. The molecule has 2 heterocycles. The predicted molar refractivity (Wildman–Crippen MR) is 157 cm³/mol. The molecule has 0 unspecified atom stereocenters. The fourth-order valence-corrected chi connectivity index (χ4v) is 7.27. The molecule has 0 radical (unpaired) electrons. The van der Waals surface area contributed by atoms with Gasteiger partial charge >= 0.3 is 0 Å². The van der Waals surface area contributed by atoms with Gasteiger partial charge in [-0.1, -0.05) is 25.1 Å². The van der Waals surface area contributed by atoms with E-state index in [2.05, 4.69) is 15.3 Å². The first-order chi connectivity index (χ1) is 19.4. The van der Waals surface area contributed by atoms with Gasteiger partial charge in [-0.05, 0) is 54.3 Å². The Morgan fingerprint density at radius 2 is 1.71 bits per heavy atom. The summed E-state index contributed by atoms with van der Waals surface area (Å²) in [5, 5.41) is 2.89. The Kier molecular flexibility index (Phi) is 8.69. The van der Waals surface area contributed by atoms with E-state index >= 15 is 0 Å². The van der Waals surface area contributed by atoms with Crippen LogP contribution in [0.15, 0.2) is 79.4 Å². The number of nitrogens with one attached hydrogen (secondary N) is 1. The number of carbonyl (C=O) groups is 1. The zero-order valence-electron chi connectivity index (χ0n) is 22.8. The summed E-state index contributed by atoms with van der Waals surface area (Å²) in [6.07, 6.45) is 8.49. The molecule has 0 aliphatic heterocycles. The van der Waals surface area contributed by atoms with E-state index in [1.54, 1.807) is 36.8 Å². The molecular formula is C28H29N5O6S2. The second kappa shape index (κ2) is 12.0. The van der Waals surface area contributed by atoms with E-state index in [0.717, 1.165) is 18.1 Å². The van der Waals surface area contributed by atoms with Crippen molar-refractivity contribution in [3.05, 3.63) is 96.2 Å². The maximum atomic E-state index is 12.5. The molecule has 0 fully saturated rings. The number of nitrogens with zero attached hydrogens (tertiary/aromatic N) is 4. The van der Waals surface area contributed by atoms with Crippen LogP contribution in [0.5, 0.6) is 5.75 Å². The SMILES string of the molecule is COc1cc(-c2cncc(C[C@@H](C)c3cccc(NC(=O)c4cccnc4)c3)n2)ccc1N(S(C)(=O)=O)S(C)(=O)=O. The number of hydrogen-bond acceptors (Lipinski definition) is 9. The van der Waals surface area contributed by atoms with Gasteiger partial charge in [0.25, 0.3) is 5.91 Å². The van der Waals surface area contributed by atoms with Gasteiger partial charge in [-0.3, -0.25) is 14.8 Å². The van der Waals surface area contributed by atoms with Crippen molar-refractivity contribution >= 4 is 37.3 Å². The van der Waals surface area contributed by atoms with Crippen LogP contribution >= 0.6 is 0 Å². The van der Waals surface area contributed by atoms with Gasteiger partial charge in [-0.2, -0.15) is 3.71 Å². The molecule has 41 heavy (non-hydrogen) atoms. The number of carbonyl (C=O) groups excluding carboxylic acids is 1. The molecule has 4 rings (SSSR count). The fraction of sp³-hybridized carbons (Fsp3) is 0.214. The minimum absolute atomic E-state index is 0.0322. The number of aromatic nitrogens is 3. The van der Waals surface area contributed by atoms with Crippen molar-refractivity contribution in [2.24, 2.45) is 0 Å². The van der Waals surface area contributed by atoms with Crippen LogP contribution in [0.4, 0.5) is 11.4 Å². The Morgan fingerprint density at radius 3 is 2.37 bits per heavy atom. The summed E-state index contributed by atoms with van der Waals surface area (Å²) in [5.41, 5.74) is 3.76. The van der Waals surface area contributed by atoms with Crippen LogP contribution in [0.3, 0.4) is 0 Å². The van der Waals surface area contributed by atoms with Crippen molar-refractivity contribution in [2.75, 3.05) is 28.6 Å².